The van der Waals surface area contributed by atoms with Gasteiger partial charge >= 0.3 is 17.9 Å². The molecule has 6 nitrogen and oxygen atoms in total. The quantitative estimate of drug-likeness (QED) is 0.0262. The predicted octanol–water partition coefficient (Wildman–Crippen LogP) is 19.2. The summed E-state index contributed by atoms with van der Waals surface area (Å²) in [5.41, 5.74) is 0. The zero-order valence-corrected chi connectivity index (χ0v) is 44.6. The van der Waals surface area contributed by atoms with Crippen molar-refractivity contribution in [2.45, 2.75) is 277 Å². The Morgan fingerprint density at radius 1 is 0.309 bits per heavy atom. The molecular weight excluding hydrogens is 841 g/mol. The summed E-state index contributed by atoms with van der Waals surface area (Å²) in [7, 11) is 0. The van der Waals surface area contributed by atoms with Gasteiger partial charge in [-0.05, 0) is 83.5 Å². The molecule has 0 amide bonds. The van der Waals surface area contributed by atoms with Gasteiger partial charge in [-0.1, -0.05) is 254 Å². The first-order valence-electron chi connectivity index (χ1n) is 28.6. The first-order valence-corrected chi connectivity index (χ1v) is 28.6. The Morgan fingerprint density at radius 3 is 1.00 bits per heavy atom. The second-order valence-electron chi connectivity index (χ2n) is 18.8. The van der Waals surface area contributed by atoms with Crippen LogP contribution in [0.1, 0.15) is 271 Å². The van der Waals surface area contributed by atoms with Crippen LogP contribution in [0.25, 0.3) is 0 Å². The number of ether oxygens (including phenoxy) is 3. The molecule has 1 atom stereocenters. The lowest BCUT2D eigenvalue weighted by Crippen LogP contribution is -2.30. The van der Waals surface area contributed by atoms with Crippen molar-refractivity contribution < 1.29 is 28.6 Å². The lowest BCUT2D eigenvalue weighted by Gasteiger charge is -2.18. The molecule has 0 aliphatic heterocycles. The van der Waals surface area contributed by atoms with E-state index in [1.165, 1.54) is 135 Å². The Balaban J connectivity index is 4.46. The van der Waals surface area contributed by atoms with E-state index in [4.69, 9.17) is 14.2 Å². The Labute approximate surface area is 420 Å². The number of esters is 3. The molecule has 0 aromatic carbocycles. The van der Waals surface area contributed by atoms with Gasteiger partial charge < -0.3 is 14.2 Å². The molecule has 0 N–H and O–H groups in total. The fourth-order valence-corrected chi connectivity index (χ4v) is 7.88. The van der Waals surface area contributed by atoms with Crippen LogP contribution in [0.2, 0.25) is 0 Å². The second-order valence-corrected chi connectivity index (χ2v) is 18.8. The van der Waals surface area contributed by atoms with E-state index in [9.17, 15) is 14.4 Å². The van der Waals surface area contributed by atoms with Crippen molar-refractivity contribution in [3.05, 3.63) is 85.1 Å². The zero-order valence-electron chi connectivity index (χ0n) is 44.6. The lowest BCUT2D eigenvalue weighted by atomic mass is 10.0. The van der Waals surface area contributed by atoms with Gasteiger partial charge in [0.05, 0.1) is 0 Å². The molecule has 0 radical (unpaired) electrons. The van der Waals surface area contributed by atoms with Crippen LogP contribution in [0, 0.1) is 0 Å². The maximum absolute atomic E-state index is 12.9. The SMILES string of the molecule is CC/C=C/C/C=C/C/C=C/C/C=C/C/C=C/CCCCCC(=O)OCC(COC(=O)CC/C=C/C/C=C/CCCCCCCC)OC(=O)CCCCCCCCCCCCCCCCCCCC. The number of hydrogen-bond donors (Lipinski definition) is 0. The van der Waals surface area contributed by atoms with E-state index in [0.29, 0.717) is 19.3 Å². The monoisotopic (exact) mass is 947 g/mol. The molecule has 0 saturated heterocycles. The molecule has 6 heteroatoms. The molecule has 0 aliphatic carbocycles. The van der Waals surface area contributed by atoms with Crippen molar-refractivity contribution in [1.29, 1.82) is 0 Å². The Kier molecular flexibility index (Phi) is 53.4. The largest absolute Gasteiger partial charge is 0.462 e. The van der Waals surface area contributed by atoms with E-state index in [1.807, 2.05) is 6.08 Å². The molecule has 0 heterocycles. The molecule has 390 valence electrons. The third-order valence-corrected chi connectivity index (χ3v) is 12.1. The molecule has 0 aliphatic rings. The number of hydrogen-bond acceptors (Lipinski definition) is 6. The molecule has 0 spiro atoms. The van der Waals surface area contributed by atoms with Crippen LogP contribution in [0.4, 0.5) is 0 Å². The van der Waals surface area contributed by atoms with Crippen molar-refractivity contribution in [2.75, 3.05) is 13.2 Å². The molecule has 0 fully saturated rings. The molecule has 68 heavy (non-hydrogen) atoms. The summed E-state index contributed by atoms with van der Waals surface area (Å²) in [5.74, 6) is -1.00. The van der Waals surface area contributed by atoms with Gasteiger partial charge in [0, 0.05) is 19.3 Å². The van der Waals surface area contributed by atoms with Gasteiger partial charge in [0.1, 0.15) is 13.2 Å². The van der Waals surface area contributed by atoms with Crippen LogP contribution in [0.5, 0.6) is 0 Å². The zero-order chi connectivity index (χ0) is 49.3. The summed E-state index contributed by atoms with van der Waals surface area (Å²) in [6.45, 7) is 6.46. The number of carbonyl (C=O) groups excluding carboxylic acids is 3. The van der Waals surface area contributed by atoms with Gasteiger partial charge in [0.15, 0.2) is 6.10 Å². The summed E-state index contributed by atoms with van der Waals surface area (Å²) in [4.78, 5) is 38.1. The minimum Gasteiger partial charge on any atom is -0.462 e. The highest BCUT2D eigenvalue weighted by atomic mass is 16.6. The lowest BCUT2D eigenvalue weighted by molar-refractivity contribution is -0.166. The highest BCUT2D eigenvalue weighted by molar-refractivity contribution is 5.71. The third kappa shape index (κ3) is 53.5. The van der Waals surface area contributed by atoms with Gasteiger partial charge in [-0.3, -0.25) is 14.4 Å². The summed E-state index contributed by atoms with van der Waals surface area (Å²) in [5, 5.41) is 0. The highest BCUT2D eigenvalue weighted by Gasteiger charge is 2.19. The number of unbranched alkanes of at least 4 members (excludes halogenated alkanes) is 26. The van der Waals surface area contributed by atoms with Crippen LogP contribution < -0.4 is 0 Å². The standard InChI is InChI=1S/C62H106O6/c1-4-7-10-13-16-19-22-25-27-29-31-33-34-37-40-43-46-49-52-55-61(64)67-58-59(57-66-60(63)54-51-48-45-42-39-36-24-21-18-15-12-9-6-3)68-62(65)56-53-50-47-44-41-38-35-32-30-28-26-23-20-17-14-11-8-5-2/h7,10,16,19,25,27,31,33,36-37,39-40,45,48,59H,4-6,8-9,11-15,17-18,20-24,26,28-30,32,34-35,38,41-44,46-47,49-58H2,1-3H3/b10-7+,19-16+,27-25+,33-31+,39-36+,40-37+,48-45+. The average Bonchev–Trinajstić information content (AvgIpc) is 3.34. The number of rotatable bonds is 51. The van der Waals surface area contributed by atoms with Crippen molar-refractivity contribution in [1.82, 2.24) is 0 Å². The average molecular weight is 948 g/mol. The predicted molar refractivity (Wildman–Crippen MR) is 293 cm³/mol. The summed E-state index contributed by atoms with van der Waals surface area (Å²) in [6.07, 6.45) is 73.0. The van der Waals surface area contributed by atoms with Crippen LogP contribution >= 0.6 is 0 Å². The van der Waals surface area contributed by atoms with Crippen molar-refractivity contribution in [2.24, 2.45) is 0 Å². The van der Waals surface area contributed by atoms with Gasteiger partial charge in [0.25, 0.3) is 0 Å². The highest BCUT2D eigenvalue weighted by Crippen LogP contribution is 2.16. The third-order valence-electron chi connectivity index (χ3n) is 12.1. The van der Waals surface area contributed by atoms with E-state index < -0.39 is 6.10 Å². The molecular formula is C62H106O6. The molecule has 1 unspecified atom stereocenters. The molecule has 0 bridgehead atoms. The first-order chi connectivity index (χ1) is 33.5. The van der Waals surface area contributed by atoms with E-state index >= 15 is 0 Å². The van der Waals surface area contributed by atoms with Crippen molar-refractivity contribution >= 4 is 17.9 Å². The van der Waals surface area contributed by atoms with E-state index in [2.05, 4.69) is 99.8 Å². The van der Waals surface area contributed by atoms with Gasteiger partial charge in [-0.15, -0.1) is 0 Å². The first kappa shape index (κ1) is 64.6. The van der Waals surface area contributed by atoms with Crippen molar-refractivity contribution in [3.8, 4) is 0 Å². The van der Waals surface area contributed by atoms with Crippen LogP contribution in [0.15, 0.2) is 85.1 Å². The topological polar surface area (TPSA) is 78.9 Å². The molecule has 0 saturated carbocycles. The normalized spacial score (nSPS) is 12.7. The number of carbonyl (C=O) groups is 3. The van der Waals surface area contributed by atoms with Crippen LogP contribution in [-0.2, 0) is 28.6 Å². The summed E-state index contributed by atoms with van der Waals surface area (Å²) >= 11 is 0. The fourth-order valence-electron chi connectivity index (χ4n) is 7.88. The smallest absolute Gasteiger partial charge is 0.306 e. The number of allylic oxidation sites excluding steroid dienone is 14. The Bertz CT molecular complexity index is 1320. The maximum atomic E-state index is 12.9. The molecule has 0 rings (SSSR count). The van der Waals surface area contributed by atoms with E-state index in [0.717, 1.165) is 89.9 Å². The van der Waals surface area contributed by atoms with Gasteiger partial charge in [0.2, 0.25) is 0 Å². The van der Waals surface area contributed by atoms with Crippen LogP contribution in [0.3, 0.4) is 0 Å². The van der Waals surface area contributed by atoms with Crippen LogP contribution in [-0.4, -0.2) is 37.2 Å². The van der Waals surface area contributed by atoms with E-state index in [-0.39, 0.29) is 37.5 Å². The van der Waals surface area contributed by atoms with Crippen molar-refractivity contribution in [3.63, 3.8) is 0 Å². The Hall–Kier alpha value is -3.41. The summed E-state index contributed by atoms with van der Waals surface area (Å²) in [6, 6.07) is 0. The Morgan fingerprint density at radius 2 is 0.603 bits per heavy atom. The molecule has 0 aromatic heterocycles. The van der Waals surface area contributed by atoms with E-state index in [1.54, 1.807) is 0 Å². The molecule has 0 aromatic rings. The van der Waals surface area contributed by atoms with Gasteiger partial charge in [-0.2, -0.15) is 0 Å². The minimum absolute atomic E-state index is 0.109. The maximum Gasteiger partial charge on any atom is 0.306 e. The minimum atomic E-state index is -0.811. The second kappa shape index (κ2) is 56.2. The fraction of sp³-hybridized carbons (Fsp3) is 0.726. The van der Waals surface area contributed by atoms with Gasteiger partial charge in [-0.25, -0.2) is 0 Å². The summed E-state index contributed by atoms with van der Waals surface area (Å²) < 4.78 is 16.8.